The standard InChI is InChI=1S/C15H28N4O3/c1-15(2)13(20)19(14(21)16-15)6-4-5-17-7-9-18(10-8-17)11-12-22-3/h4-12H2,1-3H3,(H,16,21). The SMILES string of the molecule is COCCN1CCN(CCCN2C(=O)NC(C)(C)C2=O)CC1. The second-order valence-corrected chi connectivity index (χ2v) is 6.54. The van der Waals surface area contributed by atoms with E-state index in [0.717, 1.165) is 52.3 Å². The number of methoxy groups -OCH3 is 1. The number of carbonyl (C=O) groups is 2. The van der Waals surface area contributed by atoms with Gasteiger partial charge in [-0.05, 0) is 26.8 Å². The number of amides is 3. The molecular formula is C15H28N4O3. The zero-order chi connectivity index (χ0) is 16.2. The van der Waals surface area contributed by atoms with Gasteiger partial charge in [0.15, 0.2) is 0 Å². The van der Waals surface area contributed by atoms with Gasteiger partial charge in [0.1, 0.15) is 5.54 Å². The molecule has 3 amide bonds. The molecule has 0 saturated carbocycles. The summed E-state index contributed by atoms with van der Waals surface area (Å²) < 4.78 is 5.10. The van der Waals surface area contributed by atoms with Gasteiger partial charge >= 0.3 is 6.03 Å². The van der Waals surface area contributed by atoms with Gasteiger partial charge in [-0.3, -0.25) is 14.6 Å². The van der Waals surface area contributed by atoms with Crippen LogP contribution in [0.1, 0.15) is 20.3 Å². The minimum atomic E-state index is -0.760. The number of imide groups is 1. The van der Waals surface area contributed by atoms with Crippen LogP contribution < -0.4 is 5.32 Å². The molecule has 2 fully saturated rings. The summed E-state index contributed by atoms with van der Waals surface area (Å²) in [6.07, 6.45) is 0.827. The Hall–Kier alpha value is -1.18. The van der Waals surface area contributed by atoms with Crippen LogP contribution in [0.5, 0.6) is 0 Å². The first kappa shape index (κ1) is 17.2. The van der Waals surface area contributed by atoms with Crippen molar-refractivity contribution in [3.8, 4) is 0 Å². The Morgan fingerprint density at radius 3 is 2.14 bits per heavy atom. The van der Waals surface area contributed by atoms with Crippen molar-refractivity contribution in [2.24, 2.45) is 0 Å². The first-order valence-corrected chi connectivity index (χ1v) is 8.02. The Kier molecular flexibility index (Phi) is 5.77. The zero-order valence-electron chi connectivity index (χ0n) is 13.9. The van der Waals surface area contributed by atoms with Gasteiger partial charge in [0.25, 0.3) is 5.91 Å². The van der Waals surface area contributed by atoms with E-state index in [1.807, 2.05) is 0 Å². The molecular weight excluding hydrogens is 284 g/mol. The van der Waals surface area contributed by atoms with Gasteiger partial charge in [-0.15, -0.1) is 0 Å². The van der Waals surface area contributed by atoms with E-state index in [1.54, 1.807) is 21.0 Å². The van der Waals surface area contributed by atoms with Crippen LogP contribution in [0.15, 0.2) is 0 Å². The van der Waals surface area contributed by atoms with Gasteiger partial charge < -0.3 is 15.0 Å². The zero-order valence-corrected chi connectivity index (χ0v) is 13.9. The van der Waals surface area contributed by atoms with E-state index in [9.17, 15) is 9.59 Å². The number of ether oxygens (including phenoxy) is 1. The van der Waals surface area contributed by atoms with Crippen molar-refractivity contribution in [3.05, 3.63) is 0 Å². The lowest BCUT2D eigenvalue weighted by molar-refractivity contribution is -0.130. The molecule has 22 heavy (non-hydrogen) atoms. The topological polar surface area (TPSA) is 65.1 Å². The van der Waals surface area contributed by atoms with Crippen molar-refractivity contribution in [3.63, 3.8) is 0 Å². The predicted molar refractivity (Wildman–Crippen MR) is 83.7 cm³/mol. The molecule has 2 heterocycles. The van der Waals surface area contributed by atoms with E-state index in [2.05, 4.69) is 15.1 Å². The summed E-state index contributed by atoms with van der Waals surface area (Å²) in [5.41, 5.74) is -0.760. The van der Waals surface area contributed by atoms with E-state index in [4.69, 9.17) is 4.74 Å². The maximum atomic E-state index is 12.1. The fourth-order valence-electron chi connectivity index (χ4n) is 2.93. The van der Waals surface area contributed by atoms with Crippen molar-refractivity contribution in [2.75, 3.05) is 59.5 Å². The summed E-state index contributed by atoms with van der Waals surface area (Å²) in [5.74, 6) is -0.123. The molecule has 0 aromatic carbocycles. The molecule has 0 bridgehead atoms. The number of carbonyl (C=O) groups excluding carboxylic acids is 2. The maximum absolute atomic E-state index is 12.1. The average Bonchev–Trinajstić information content (AvgIpc) is 2.68. The van der Waals surface area contributed by atoms with Crippen LogP contribution in [-0.4, -0.2) is 91.7 Å². The average molecular weight is 312 g/mol. The van der Waals surface area contributed by atoms with Crippen LogP contribution in [-0.2, 0) is 9.53 Å². The summed E-state index contributed by atoms with van der Waals surface area (Å²) in [6.45, 7) is 10.9. The summed E-state index contributed by atoms with van der Waals surface area (Å²) in [7, 11) is 1.73. The Bertz CT molecular complexity index is 406. The Morgan fingerprint density at radius 2 is 1.64 bits per heavy atom. The Labute approximate surface area is 132 Å². The lowest BCUT2D eigenvalue weighted by Crippen LogP contribution is -2.47. The van der Waals surface area contributed by atoms with E-state index in [0.29, 0.717) is 6.54 Å². The molecule has 7 nitrogen and oxygen atoms in total. The smallest absolute Gasteiger partial charge is 0.325 e. The van der Waals surface area contributed by atoms with Crippen molar-refractivity contribution in [1.82, 2.24) is 20.0 Å². The number of rotatable bonds is 7. The third kappa shape index (κ3) is 4.18. The summed E-state index contributed by atoms with van der Waals surface area (Å²) >= 11 is 0. The number of hydrogen-bond acceptors (Lipinski definition) is 5. The van der Waals surface area contributed by atoms with E-state index < -0.39 is 5.54 Å². The monoisotopic (exact) mass is 312 g/mol. The molecule has 0 atom stereocenters. The molecule has 0 aromatic rings. The van der Waals surface area contributed by atoms with Crippen molar-refractivity contribution in [1.29, 1.82) is 0 Å². The van der Waals surface area contributed by atoms with Gasteiger partial charge in [0.2, 0.25) is 0 Å². The van der Waals surface area contributed by atoms with E-state index >= 15 is 0 Å². The van der Waals surface area contributed by atoms with Crippen molar-refractivity contribution < 1.29 is 14.3 Å². The highest BCUT2D eigenvalue weighted by Gasteiger charge is 2.43. The molecule has 0 unspecified atom stereocenters. The molecule has 2 rings (SSSR count). The van der Waals surface area contributed by atoms with Gasteiger partial charge in [0, 0.05) is 46.4 Å². The first-order chi connectivity index (χ1) is 10.4. The lowest BCUT2D eigenvalue weighted by Gasteiger charge is -2.34. The van der Waals surface area contributed by atoms with Gasteiger partial charge in [-0.25, -0.2) is 4.79 Å². The molecule has 0 aromatic heterocycles. The molecule has 0 spiro atoms. The molecule has 126 valence electrons. The highest BCUT2D eigenvalue weighted by atomic mass is 16.5. The lowest BCUT2D eigenvalue weighted by atomic mass is 10.1. The Balaban J connectivity index is 1.66. The summed E-state index contributed by atoms with van der Waals surface area (Å²) in [6, 6.07) is -0.264. The second kappa shape index (κ2) is 7.39. The minimum absolute atomic E-state index is 0.123. The van der Waals surface area contributed by atoms with E-state index in [-0.39, 0.29) is 11.9 Å². The molecule has 1 N–H and O–H groups in total. The number of nitrogens with zero attached hydrogens (tertiary/aromatic N) is 3. The van der Waals surface area contributed by atoms with Crippen LogP contribution in [0.3, 0.4) is 0 Å². The van der Waals surface area contributed by atoms with Gasteiger partial charge in [0.05, 0.1) is 6.61 Å². The molecule has 2 saturated heterocycles. The largest absolute Gasteiger partial charge is 0.383 e. The summed E-state index contributed by atoms with van der Waals surface area (Å²) in [4.78, 5) is 30.0. The normalized spacial score (nSPS) is 23.1. The summed E-state index contributed by atoms with van der Waals surface area (Å²) in [5, 5.41) is 2.71. The highest BCUT2D eigenvalue weighted by Crippen LogP contribution is 2.16. The number of nitrogens with one attached hydrogen (secondary N) is 1. The first-order valence-electron chi connectivity index (χ1n) is 8.02. The highest BCUT2D eigenvalue weighted by molar-refractivity contribution is 6.06. The molecule has 0 radical (unpaired) electrons. The minimum Gasteiger partial charge on any atom is -0.383 e. The third-order valence-electron chi connectivity index (χ3n) is 4.38. The van der Waals surface area contributed by atoms with E-state index in [1.165, 1.54) is 4.90 Å². The van der Waals surface area contributed by atoms with Crippen molar-refractivity contribution >= 4 is 11.9 Å². The fraction of sp³-hybridized carbons (Fsp3) is 0.867. The molecule has 0 aliphatic carbocycles. The number of urea groups is 1. The molecule has 2 aliphatic rings. The van der Waals surface area contributed by atoms with Crippen LogP contribution in [0.2, 0.25) is 0 Å². The van der Waals surface area contributed by atoms with Crippen LogP contribution in [0.25, 0.3) is 0 Å². The quantitative estimate of drug-likeness (QED) is 0.669. The second-order valence-electron chi connectivity index (χ2n) is 6.54. The maximum Gasteiger partial charge on any atom is 0.325 e. The fourth-order valence-corrected chi connectivity index (χ4v) is 2.93. The van der Waals surface area contributed by atoms with Crippen LogP contribution in [0, 0.1) is 0 Å². The van der Waals surface area contributed by atoms with Crippen LogP contribution in [0.4, 0.5) is 4.79 Å². The third-order valence-corrected chi connectivity index (χ3v) is 4.38. The number of hydrogen-bond donors (Lipinski definition) is 1. The predicted octanol–water partition coefficient (Wildman–Crippen LogP) is -0.0291. The van der Waals surface area contributed by atoms with Gasteiger partial charge in [-0.1, -0.05) is 0 Å². The molecule has 7 heteroatoms. The van der Waals surface area contributed by atoms with Crippen molar-refractivity contribution in [2.45, 2.75) is 25.8 Å². The van der Waals surface area contributed by atoms with Crippen LogP contribution >= 0.6 is 0 Å². The molecule has 2 aliphatic heterocycles. The number of piperazine rings is 1. The van der Waals surface area contributed by atoms with Gasteiger partial charge in [-0.2, -0.15) is 0 Å². The Morgan fingerprint density at radius 1 is 1.05 bits per heavy atom.